The minimum atomic E-state index is 0.973. The van der Waals surface area contributed by atoms with Gasteiger partial charge >= 0.3 is 0 Å². The van der Waals surface area contributed by atoms with Gasteiger partial charge < -0.3 is 0 Å². The number of hydrogen-bond acceptors (Lipinski definition) is 0. The van der Waals surface area contributed by atoms with Gasteiger partial charge in [-0.2, -0.15) is 0 Å². The second-order valence-corrected chi connectivity index (χ2v) is 6.74. The van der Waals surface area contributed by atoms with Crippen molar-refractivity contribution in [2.24, 2.45) is 29.6 Å². The summed E-state index contributed by atoms with van der Waals surface area (Å²) in [4.78, 5) is 0. The second-order valence-electron chi connectivity index (χ2n) is 6.74. The van der Waals surface area contributed by atoms with Gasteiger partial charge in [-0.3, -0.25) is 0 Å². The van der Waals surface area contributed by atoms with Crippen LogP contribution in [0.2, 0.25) is 0 Å². The molecule has 3 rings (SSSR count). The summed E-state index contributed by atoms with van der Waals surface area (Å²) in [6, 6.07) is 0. The predicted molar refractivity (Wildman–Crippen MR) is 69.2 cm³/mol. The number of allylic oxidation sites excluding steroid dienone is 2. The Morgan fingerprint density at radius 2 is 1.75 bits per heavy atom. The van der Waals surface area contributed by atoms with Crippen molar-refractivity contribution in [1.29, 1.82) is 0 Å². The lowest BCUT2D eigenvalue weighted by Gasteiger charge is -2.28. The van der Waals surface area contributed by atoms with Crippen LogP contribution in [0.3, 0.4) is 0 Å². The van der Waals surface area contributed by atoms with Crippen LogP contribution >= 0.6 is 0 Å². The van der Waals surface area contributed by atoms with Gasteiger partial charge in [0.05, 0.1) is 0 Å². The summed E-state index contributed by atoms with van der Waals surface area (Å²) in [6.45, 7) is 2.43. The van der Waals surface area contributed by atoms with E-state index in [4.69, 9.17) is 0 Å². The highest BCUT2D eigenvalue weighted by Gasteiger charge is 2.35. The topological polar surface area (TPSA) is 0 Å². The molecule has 3 aliphatic rings. The number of hydrogen-bond donors (Lipinski definition) is 0. The lowest BCUT2D eigenvalue weighted by molar-refractivity contribution is 0.253. The Hall–Kier alpha value is -0.260. The smallest absolute Gasteiger partial charge is 0.0199 e. The highest BCUT2D eigenvalue weighted by atomic mass is 14.4. The first-order valence-electron chi connectivity index (χ1n) is 7.49. The van der Waals surface area contributed by atoms with Gasteiger partial charge in [0.15, 0.2) is 0 Å². The maximum Gasteiger partial charge on any atom is -0.0199 e. The minimum Gasteiger partial charge on any atom is -0.0851 e. The summed E-state index contributed by atoms with van der Waals surface area (Å²) >= 11 is 0. The molecule has 0 nitrogen and oxygen atoms in total. The Balaban J connectivity index is 1.42. The van der Waals surface area contributed by atoms with E-state index in [0.29, 0.717) is 0 Å². The van der Waals surface area contributed by atoms with E-state index in [0.717, 1.165) is 29.6 Å². The summed E-state index contributed by atoms with van der Waals surface area (Å²) in [5.41, 5.74) is 0. The van der Waals surface area contributed by atoms with Crippen LogP contribution in [0, 0.1) is 29.6 Å². The molecule has 3 atom stereocenters. The van der Waals surface area contributed by atoms with E-state index in [2.05, 4.69) is 19.1 Å². The molecule has 0 aliphatic heterocycles. The van der Waals surface area contributed by atoms with Crippen LogP contribution in [-0.4, -0.2) is 0 Å². The standard InChI is InChI=1S/C16H26/c1-12-2-4-13(5-3-12)6-8-15-10-14-7-9-16(15)11-14/h7,9,12-16H,2-6,8,10-11H2,1H3. The Morgan fingerprint density at radius 3 is 2.38 bits per heavy atom. The van der Waals surface area contributed by atoms with Crippen LogP contribution in [0.1, 0.15) is 58.3 Å². The van der Waals surface area contributed by atoms with Gasteiger partial charge in [0.2, 0.25) is 0 Å². The Labute approximate surface area is 101 Å². The van der Waals surface area contributed by atoms with Gasteiger partial charge in [-0.1, -0.05) is 51.2 Å². The molecule has 0 aromatic heterocycles. The van der Waals surface area contributed by atoms with Gasteiger partial charge in [-0.25, -0.2) is 0 Å². The molecule has 0 amide bonds. The average Bonchev–Trinajstić information content (AvgIpc) is 2.90. The molecule has 0 N–H and O–H groups in total. The van der Waals surface area contributed by atoms with Crippen molar-refractivity contribution in [3.8, 4) is 0 Å². The molecular weight excluding hydrogens is 192 g/mol. The van der Waals surface area contributed by atoms with Crippen LogP contribution in [-0.2, 0) is 0 Å². The monoisotopic (exact) mass is 218 g/mol. The quantitative estimate of drug-likeness (QED) is 0.597. The molecule has 0 aromatic rings. The van der Waals surface area contributed by atoms with Crippen molar-refractivity contribution >= 4 is 0 Å². The van der Waals surface area contributed by atoms with E-state index >= 15 is 0 Å². The molecule has 2 fully saturated rings. The lowest BCUT2D eigenvalue weighted by Crippen LogP contribution is -2.15. The average molecular weight is 218 g/mol. The summed E-state index contributed by atoms with van der Waals surface area (Å²) in [6.07, 6.45) is 17.1. The molecule has 3 aliphatic carbocycles. The molecule has 16 heavy (non-hydrogen) atoms. The molecule has 2 saturated carbocycles. The fraction of sp³-hybridized carbons (Fsp3) is 0.875. The molecule has 0 spiro atoms. The van der Waals surface area contributed by atoms with E-state index in [1.54, 1.807) is 0 Å². The summed E-state index contributed by atoms with van der Waals surface area (Å²) in [7, 11) is 0. The first-order valence-corrected chi connectivity index (χ1v) is 7.49. The predicted octanol–water partition coefficient (Wildman–Crippen LogP) is 4.81. The Morgan fingerprint density at radius 1 is 0.938 bits per heavy atom. The van der Waals surface area contributed by atoms with E-state index in [1.807, 2.05) is 0 Å². The van der Waals surface area contributed by atoms with E-state index in [1.165, 1.54) is 51.4 Å². The third-order valence-corrected chi connectivity index (χ3v) is 5.50. The molecule has 3 unspecified atom stereocenters. The van der Waals surface area contributed by atoms with Gasteiger partial charge in [-0.05, 0) is 48.9 Å². The molecule has 0 heteroatoms. The van der Waals surface area contributed by atoms with Crippen LogP contribution in [0.25, 0.3) is 0 Å². The van der Waals surface area contributed by atoms with E-state index in [9.17, 15) is 0 Å². The molecule has 0 saturated heterocycles. The Bertz CT molecular complexity index is 257. The van der Waals surface area contributed by atoms with Crippen LogP contribution in [0.4, 0.5) is 0 Å². The third kappa shape index (κ3) is 2.21. The van der Waals surface area contributed by atoms with Gasteiger partial charge in [0.1, 0.15) is 0 Å². The highest BCUT2D eigenvalue weighted by Crippen LogP contribution is 2.46. The normalized spacial score (nSPS) is 46.4. The van der Waals surface area contributed by atoms with Crippen LogP contribution < -0.4 is 0 Å². The van der Waals surface area contributed by atoms with Crippen molar-refractivity contribution in [3.63, 3.8) is 0 Å². The van der Waals surface area contributed by atoms with Crippen molar-refractivity contribution in [2.75, 3.05) is 0 Å². The molecule has 0 aromatic carbocycles. The van der Waals surface area contributed by atoms with Crippen molar-refractivity contribution in [2.45, 2.75) is 58.3 Å². The summed E-state index contributed by atoms with van der Waals surface area (Å²) in [5, 5.41) is 0. The van der Waals surface area contributed by atoms with Crippen molar-refractivity contribution in [1.82, 2.24) is 0 Å². The maximum absolute atomic E-state index is 2.52. The van der Waals surface area contributed by atoms with Crippen molar-refractivity contribution in [3.05, 3.63) is 12.2 Å². The zero-order valence-corrected chi connectivity index (χ0v) is 10.7. The van der Waals surface area contributed by atoms with Crippen molar-refractivity contribution < 1.29 is 0 Å². The van der Waals surface area contributed by atoms with Gasteiger partial charge in [0.25, 0.3) is 0 Å². The van der Waals surface area contributed by atoms with Gasteiger partial charge in [0, 0.05) is 0 Å². The highest BCUT2D eigenvalue weighted by molar-refractivity contribution is 5.09. The van der Waals surface area contributed by atoms with Crippen LogP contribution in [0.5, 0.6) is 0 Å². The minimum absolute atomic E-state index is 0.973. The zero-order valence-electron chi connectivity index (χ0n) is 10.7. The molecule has 0 radical (unpaired) electrons. The molecule has 90 valence electrons. The number of fused-ring (bicyclic) bond motifs is 2. The van der Waals surface area contributed by atoms with E-state index < -0.39 is 0 Å². The Kier molecular flexibility index (Phi) is 3.09. The largest absolute Gasteiger partial charge is 0.0851 e. The van der Waals surface area contributed by atoms with Gasteiger partial charge in [-0.15, -0.1) is 0 Å². The summed E-state index contributed by atoms with van der Waals surface area (Å²) < 4.78 is 0. The number of rotatable bonds is 3. The van der Waals surface area contributed by atoms with Crippen LogP contribution in [0.15, 0.2) is 12.2 Å². The SMILES string of the molecule is CC1CCC(CCC2CC3C=CC2C3)CC1. The molecule has 0 heterocycles. The summed E-state index contributed by atoms with van der Waals surface area (Å²) in [5.74, 6) is 5.12. The maximum atomic E-state index is 2.52. The molecular formula is C16H26. The first-order chi connectivity index (χ1) is 7.81. The fourth-order valence-corrected chi connectivity index (χ4v) is 4.29. The first kappa shape index (κ1) is 10.9. The molecule has 2 bridgehead atoms. The second kappa shape index (κ2) is 4.55. The fourth-order valence-electron chi connectivity index (χ4n) is 4.29. The third-order valence-electron chi connectivity index (χ3n) is 5.50. The van der Waals surface area contributed by atoms with E-state index in [-0.39, 0.29) is 0 Å². The zero-order chi connectivity index (χ0) is 11.0. The lowest BCUT2D eigenvalue weighted by atomic mass is 9.78.